The Morgan fingerprint density at radius 2 is 2.00 bits per heavy atom. The number of hydrogen-bond donors (Lipinski definition) is 2. The monoisotopic (exact) mass is 387 g/mol. The Bertz CT molecular complexity index is 925. The van der Waals surface area contributed by atoms with Crippen molar-refractivity contribution < 1.29 is 24.5 Å². The number of amides is 1. The van der Waals surface area contributed by atoms with E-state index in [1.807, 2.05) is 0 Å². The van der Waals surface area contributed by atoms with E-state index in [-0.39, 0.29) is 11.7 Å². The molecular weight excluding hydrogens is 374 g/mol. The van der Waals surface area contributed by atoms with E-state index in [0.29, 0.717) is 26.2 Å². The van der Waals surface area contributed by atoms with Crippen LogP contribution in [-0.2, 0) is 9.59 Å². The summed E-state index contributed by atoms with van der Waals surface area (Å²) >= 11 is 6.42. The smallest absolute Gasteiger partial charge is 0.341 e. The van der Waals surface area contributed by atoms with Gasteiger partial charge in [0.15, 0.2) is 10.9 Å². The number of aliphatic carboxylic acids is 1. The number of thiocarbonyl (C=S) groups is 1. The second-order valence-corrected chi connectivity index (χ2v) is 6.93. The predicted octanol–water partition coefficient (Wildman–Crippen LogP) is 3.26. The van der Waals surface area contributed by atoms with Crippen LogP contribution in [0.3, 0.4) is 0 Å². The van der Waals surface area contributed by atoms with Gasteiger partial charge in [0, 0.05) is 11.6 Å². The SMILES string of the molecule is O=C(O)COc1ccccc1/C=C1/SC(=S)N(c2cccc(O)c2)C1=O. The summed E-state index contributed by atoms with van der Waals surface area (Å²) in [5, 5.41) is 18.4. The number of carboxylic acid groups (broad SMARTS) is 1. The second-order valence-electron chi connectivity index (χ2n) is 5.26. The highest BCUT2D eigenvalue weighted by Gasteiger charge is 2.33. The number of anilines is 1. The molecule has 0 radical (unpaired) electrons. The van der Waals surface area contributed by atoms with E-state index < -0.39 is 12.6 Å². The lowest BCUT2D eigenvalue weighted by atomic mass is 10.2. The molecule has 132 valence electrons. The lowest BCUT2D eigenvalue weighted by molar-refractivity contribution is -0.139. The van der Waals surface area contributed by atoms with Gasteiger partial charge in [-0.2, -0.15) is 0 Å². The van der Waals surface area contributed by atoms with Gasteiger partial charge in [-0.1, -0.05) is 48.2 Å². The van der Waals surface area contributed by atoms with Gasteiger partial charge >= 0.3 is 5.97 Å². The number of ether oxygens (including phenoxy) is 1. The molecule has 2 aromatic carbocycles. The molecule has 1 heterocycles. The number of para-hydroxylation sites is 1. The number of nitrogens with zero attached hydrogens (tertiary/aromatic N) is 1. The zero-order valence-electron chi connectivity index (χ0n) is 13.3. The Kier molecular flexibility index (Phi) is 5.24. The minimum Gasteiger partial charge on any atom is -0.508 e. The van der Waals surface area contributed by atoms with E-state index in [4.69, 9.17) is 22.1 Å². The normalized spacial score (nSPS) is 15.5. The molecule has 0 saturated carbocycles. The van der Waals surface area contributed by atoms with Crippen molar-refractivity contribution in [3.63, 3.8) is 0 Å². The number of thioether (sulfide) groups is 1. The van der Waals surface area contributed by atoms with Crippen molar-refractivity contribution in [1.29, 1.82) is 0 Å². The number of carbonyl (C=O) groups excluding carboxylic acids is 1. The zero-order chi connectivity index (χ0) is 18.7. The summed E-state index contributed by atoms with van der Waals surface area (Å²) in [6.07, 6.45) is 1.61. The highest BCUT2D eigenvalue weighted by Crippen LogP contribution is 2.37. The van der Waals surface area contributed by atoms with Gasteiger partial charge in [-0.3, -0.25) is 9.69 Å². The molecule has 2 aromatic rings. The van der Waals surface area contributed by atoms with Crippen LogP contribution in [0.4, 0.5) is 5.69 Å². The van der Waals surface area contributed by atoms with Crippen LogP contribution < -0.4 is 9.64 Å². The maximum Gasteiger partial charge on any atom is 0.341 e. The van der Waals surface area contributed by atoms with E-state index in [1.165, 1.54) is 17.0 Å². The van der Waals surface area contributed by atoms with Crippen molar-refractivity contribution in [1.82, 2.24) is 0 Å². The Balaban J connectivity index is 1.90. The van der Waals surface area contributed by atoms with Gasteiger partial charge in [0.25, 0.3) is 5.91 Å². The second kappa shape index (κ2) is 7.59. The van der Waals surface area contributed by atoms with E-state index in [0.717, 1.165) is 11.8 Å². The molecule has 2 N–H and O–H groups in total. The predicted molar refractivity (Wildman–Crippen MR) is 103 cm³/mol. The van der Waals surface area contributed by atoms with Gasteiger partial charge in [-0.25, -0.2) is 4.79 Å². The number of phenols is 1. The first-order valence-electron chi connectivity index (χ1n) is 7.46. The van der Waals surface area contributed by atoms with Crippen molar-refractivity contribution in [2.45, 2.75) is 0 Å². The summed E-state index contributed by atoms with van der Waals surface area (Å²) in [5.41, 5.74) is 1.05. The third-order valence-corrected chi connectivity index (χ3v) is 4.74. The summed E-state index contributed by atoms with van der Waals surface area (Å²) < 4.78 is 5.60. The molecule has 6 nitrogen and oxygen atoms in total. The van der Waals surface area contributed by atoms with Crippen molar-refractivity contribution in [2.24, 2.45) is 0 Å². The fourth-order valence-electron chi connectivity index (χ4n) is 2.33. The molecule has 1 amide bonds. The van der Waals surface area contributed by atoms with Crippen LogP contribution >= 0.6 is 24.0 Å². The fraction of sp³-hybridized carbons (Fsp3) is 0.0556. The molecule has 0 aliphatic carbocycles. The first-order valence-corrected chi connectivity index (χ1v) is 8.69. The van der Waals surface area contributed by atoms with E-state index in [1.54, 1.807) is 42.5 Å². The molecule has 1 saturated heterocycles. The van der Waals surface area contributed by atoms with Crippen molar-refractivity contribution in [3.8, 4) is 11.5 Å². The molecule has 0 unspecified atom stereocenters. The average Bonchev–Trinajstić information content (AvgIpc) is 2.87. The molecule has 0 bridgehead atoms. The van der Waals surface area contributed by atoms with Gasteiger partial charge in [0.2, 0.25) is 0 Å². The van der Waals surface area contributed by atoms with Crippen LogP contribution in [0, 0.1) is 0 Å². The molecule has 8 heteroatoms. The van der Waals surface area contributed by atoms with Crippen LogP contribution in [0.1, 0.15) is 5.56 Å². The van der Waals surface area contributed by atoms with Gasteiger partial charge in [-0.15, -0.1) is 0 Å². The van der Waals surface area contributed by atoms with E-state index in [9.17, 15) is 14.7 Å². The van der Waals surface area contributed by atoms with Crippen LogP contribution in [0.2, 0.25) is 0 Å². The van der Waals surface area contributed by atoms with E-state index >= 15 is 0 Å². The number of phenolic OH excluding ortho intramolecular Hbond substituents is 1. The molecule has 0 aromatic heterocycles. The summed E-state index contributed by atoms with van der Waals surface area (Å²) in [5.74, 6) is -1.01. The number of hydrogen-bond acceptors (Lipinski definition) is 6. The number of carboxylic acids is 1. The minimum atomic E-state index is -1.09. The molecular formula is C18H13NO5S2. The summed E-state index contributed by atoms with van der Waals surface area (Å²) in [7, 11) is 0. The maximum atomic E-state index is 12.7. The summed E-state index contributed by atoms with van der Waals surface area (Å²) in [6.45, 7) is -0.477. The molecule has 3 rings (SSSR count). The number of rotatable bonds is 5. The first-order chi connectivity index (χ1) is 12.5. The molecule has 0 atom stereocenters. The topological polar surface area (TPSA) is 87.1 Å². The number of benzene rings is 2. The lowest BCUT2D eigenvalue weighted by Gasteiger charge is -2.14. The Labute approximate surface area is 158 Å². The quantitative estimate of drug-likeness (QED) is 0.601. The minimum absolute atomic E-state index is 0.0351. The molecule has 1 aliphatic rings. The van der Waals surface area contributed by atoms with Gasteiger partial charge in [-0.05, 0) is 24.3 Å². The Morgan fingerprint density at radius 1 is 1.23 bits per heavy atom. The maximum absolute atomic E-state index is 12.7. The van der Waals surface area contributed by atoms with Crippen molar-refractivity contribution in [2.75, 3.05) is 11.5 Å². The van der Waals surface area contributed by atoms with Gasteiger partial charge in [0.1, 0.15) is 11.5 Å². The molecule has 26 heavy (non-hydrogen) atoms. The lowest BCUT2D eigenvalue weighted by Crippen LogP contribution is -2.27. The molecule has 0 spiro atoms. The Hall–Kier alpha value is -2.84. The first kappa shape index (κ1) is 18.0. The van der Waals surface area contributed by atoms with E-state index in [2.05, 4.69) is 0 Å². The van der Waals surface area contributed by atoms with Crippen LogP contribution in [0.15, 0.2) is 53.4 Å². The zero-order valence-corrected chi connectivity index (χ0v) is 14.9. The number of aromatic hydroxyl groups is 1. The number of carbonyl (C=O) groups is 2. The fourth-order valence-corrected chi connectivity index (χ4v) is 3.62. The summed E-state index contributed by atoms with van der Waals surface area (Å²) in [6, 6.07) is 13.1. The Morgan fingerprint density at radius 3 is 2.73 bits per heavy atom. The summed E-state index contributed by atoms with van der Waals surface area (Å²) in [4.78, 5) is 25.2. The van der Waals surface area contributed by atoms with Gasteiger partial charge in [0.05, 0.1) is 10.6 Å². The van der Waals surface area contributed by atoms with Crippen LogP contribution in [0.5, 0.6) is 11.5 Å². The van der Waals surface area contributed by atoms with Crippen LogP contribution in [-0.4, -0.2) is 33.0 Å². The highest BCUT2D eigenvalue weighted by molar-refractivity contribution is 8.27. The van der Waals surface area contributed by atoms with Crippen molar-refractivity contribution in [3.05, 3.63) is 59.0 Å². The largest absolute Gasteiger partial charge is 0.508 e. The molecule has 1 fully saturated rings. The third kappa shape index (κ3) is 3.87. The van der Waals surface area contributed by atoms with Crippen molar-refractivity contribution >= 4 is 51.9 Å². The van der Waals surface area contributed by atoms with Crippen LogP contribution in [0.25, 0.3) is 6.08 Å². The highest BCUT2D eigenvalue weighted by atomic mass is 32.2. The molecule has 1 aliphatic heterocycles. The third-order valence-electron chi connectivity index (χ3n) is 3.44. The average molecular weight is 387 g/mol. The standard InChI is InChI=1S/C18H13NO5S2/c20-13-6-3-5-12(9-13)19-17(23)15(26-18(19)25)8-11-4-1-2-7-14(11)24-10-16(21)22/h1-9,20H,10H2,(H,21,22)/b15-8+. The van der Waals surface area contributed by atoms with Gasteiger partial charge < -0.3 is 14.9 Å².